The lowest BCUT2D eigenvalue weighted by Crippen LogP contribution is -2.34. The number of hydrogen-bond acceptors (Lipinski definition) is 4. The molecule has 2 aromatic rings. The van der Waals surface area contributed by atoms with E-state index in [1.54, 1.807) is 0 Å². The number of benzene rings is 1. The van der Waals surface area contributed by atoms with Crippen LogP contribution in [0.15, 0.2) is 47.5 Å². The number of anilines is 1. The summed E-state index contributed by atoms with van der Waals surface area (Å²) in [6.45, 7) is 3.85. The van der Waals surface area contributed by atoms with Crippen LogP contribution in [0.5, 0.6) is 0 Å². The van der Waals surface area contributed by atoms with Crippen LogP contribution < -0.4 is 4.90 Å². The Kier molecular flexibility index (Phi) is 5.12. The molecular formula is C22H24N2O2S. The summed E-state index contributed by atoms with van der Waals surface area (Å²) in [6, 6.07) is 11.7. The fraction of sp³-hybridized carbons (Fsp3) is 0.364. The first-order valence-electron chi connectivity index (χ1n) is 9.71. The van der Waals surface area contributed by atoms with E-state index in [1.165, 1.54) is 21.8 Å². The van der Waals surface area contributed by atoms with Crippen LogP contribution in [-0.2, 0) is 16.0 Å². The molecule has 27 heavy (non-hydrogen) atoms. The second-order valence-electron chi connectivity index (χ2n) is 7.11. The first-order chi connectivity index (χ1) is 13.2. The molecule has 0 bridgehead atoms. The van der Waals surface area contributed by atoms with Gasteiger partial charge >= 0.3 is 0 Å². The first kappa shape index (κ1) is 18.0. The molecule has 1 saturated heterocycles. The van der Waals surface area contributed by atoms with Gasteiger partial charge in [0.25, 0.3) is 11.8 Å². The van der Waals surface area contributed by atoms with Gasteiger partial charge < -0.3 is 4.90 Å². The van der Waals surface area contributed by atoms with Crippen LogP contribution in [0.1, 0.15) is 43.0 Å². The monoisotopic (exact) mass is 380 g/mol. The highest BCUT2D eigenvalue weighted by atomic mass is 32.1. The van der Waals surface area contributed by atoms with Gasteiger partial charge in [0.05, 0.1) is 11.3 Å². The van der Waals surface area contributed by atoms with Crippen molar-refractivity contribution in [3.63, 3.8) is 0 Å². The van der Waals surface area contributed by atoms with Gasteiger partial charge in [-0.25, -0.2) is 4.90 Å². The number of unbranched alkanes of at least 4 members (excludes halogenated alkanes) is 1. The van der Waals surface area contributed by atoms with Crippen LogP contribution in [0.25, 0.3) is 5.57 Å². The highest BCUT2D eigenvalue weighted by Crippen LogP contribution is 2.37. The predicted octanol–water partition coefficient (Wildman–Crippen LogP) is 4.47. The number of carbonyl (C=O) groups is 2. The van der Waals surface area contributed by atoms with Crippen LogP contribution in [0, 0.1) is 0 Å². The van der Waals surface area contributed by atoms with Gasteiger partial charge in [-0.15, -0.1) is 11.3 Å². The van der Waals surface area contributed by atoms with Gasteiger partial charge in [-0.1, -0.05) is 31.5 Å². The Hall–Kier alpha value is -2.40. The highest BCUT2D eigenvalue weighted by Gasteiger charge is 2.43. The molecule has 2 aliphatic rings. The Morgan fingerprint density at radius 2 is 1.74 bits per heavy atom. The molecule has 1 fully saturated rings. The van der Waals surface area contributed by atoms with Crippen molar-refractivity contribution in [2.45, 2.75) is 39.0 Å². The Labute approximate surface area is 164 Å². The average Bonchev–Trinajstić information content (AvgIpc) is 3.42. The summed E-state index contributed by atoms with van der Waals surface area (Å²) in [5.41, 5.74) is 3.04. The molecule has 140 valence electrons. The molecule has 0 saturated carbocycles. The predicted molar refractivity (Wildman–Crippen MR) is 110 cm³/mol. The van der Waals surface area contributed by atoms with Gasteiger partial charge in [0.15, 0.2) is 0 Å². The molecule has 0 radical (unpaired) electrons. The molecule has 0 N–H and O–H groups in total. The zero-order valence-corrected chi connectivity index (χ0v) is 16.4. The minimum atomic E-state index is -0.203. The first-order valence-corrected chi connectivity index (χ1v) is 10.6. The summed E-state index contributed by atoms with van der Waals surface area (Å²) in [6.07, 6.45) is 5.45. The summed E-state index contributed by atoms with van der Waals surface area (Å²) in [7, 11) is 0. The quantitative estimate of drug-likeness (QED) is 0.694. The van der Waals surface area contributed by atoms with Crippen molar-refractivity contribution in [3.05, 3.63) is 57.9 Å². The fourth-order valence-electron chi connectivity index (χ4n) is 3.82. The number of likely N-dealkylation sites (tertiary alicyclic amines) is 1. The minimum Gasteiger partial charge on any atom is -0.366 e. The number of thiophene rings is 1. The molecule has 0 aliphatic carbocycles. The van der Waals surface area contributed by atoms with Gasteiger partial charge in [0.2, 0.25) is 0 Å². The number of amides is 2. The summed E-state index contributed by atoms with van der Waals surface area (Å²) in [5, 5.41) is 1.95. The Bertz CT molecular complexity index is 862. The van der Waals surface area contributed by atoms with Crippen LogP contribution in [0.2, 0.25) is 0 Å². The second-order valence-corrected chi connectivity index (χ2v) is 8.06. The van der Waals surface area contributed by atoms with Crippen molar-refractivity contribution < 1.29 is 9.59 Å². The van der Waals surface area contributed by atoms with Gasteiger partial charge in [-0.2, -0.15) is 0 Å². The number of rotatable bonds is 6. The van der Waals surface area contributed by atoms with E-state index in [0.717, 1.165) is 50.1 Å². The van der Waals surface area contributed by atoms with Crippen LogP contribution in [0.3, 0.4) is 0 Å². The summed E-state index contributed by atoms with van der Waals surface area (Å²) in [4.78, 5) is 30.9. The number of hydrogen-bond donors (Lipinski definition) is 0. The Morgan fingerprint density at radius 1 is 1.00 bits per heavy atom. The molecule has 0 atom stereocenters. The van der Waals surface area contributed by atoms with Crippen molar-refractivity contribution in [3.8, 4) is 0 Å². The topological polar surface area (TPSA) is 40.6 Å². The SMILES string of the molecule is CCCCc1ccc(N2C(=O)C(c3cccs3)=C(N3CCCC3)C2=O)cc1. The third-order valence-electron chi connectivity index (χ3n) is 5.26. The van der Waals surface area contributed by atoms with E-state index in [4.69, 9.17) is 0 Å². The molecule has 4 rings (SSSR count). The van der Waals surface area contributed by atoms with Crippen molar-refractivity contribution in [1.29, 1.82) is 0 Å². The van der Waals surface area contributed by atoms with Crippen molar-refractivity contribution >= 4 is 34.4 Å². The molecular weight excluding hydrogens is 356 g/mol. The van der Waals surface area contributed by atoms with E-state index in [-0.39, 0.29) is 11.8 Å². The smallest absolute Gasteiger partial charge is 0.282 e. The number of aryl methyl sites for hydroxylation is 1. The molecule has 1 aromatic heterocycles. The molecule has 5 heteroatoms. The number of imide groups is 1. The van der Waals surface area contributed by atoms with Gasteiger partial charge in [0, 0.05) is 18.0 Å². The molecule has 3 heterocycles. The summed E-state index contributed by atoms with van der Waals surface area (Å²) >= 11 is 1.51. The normalized spacial score (nSPS) is 17.5. The van der Waals surface area contributed by atoms with E-state index >= 15 is 0 Å². The van der Waals surface area contributed by atoms with Gasteiger partial charge in [-0.05, 0) is 54.8 Å². The average molecular weight is 381 g/mol. The second kappa shape index (κ2) is 7.69. The standard InChI is InChI=1S/C22H24N2O2S/c1-2-3-7-16-9-11-17(12-10-16)24-21(25)19(18-8-6-15-27-18)20(22(24)26)23-13-4-5-14-23/h6,8-12,15H,2-5,7,13-14H2,1H3. The van der Waals surface area contributed by atoms with Crippen LogP contribution >= 0.6 is 11.3 Å². The van der Waals surface area contributed by atoms with Gasteiger partial charge in [-0.3, -0.25) is 9.59 Å². The molecule has 0 spiro atoms. The zero-order chi connectivity index (χ0) is 18.8. The maximum atomic E-state index is 13.3. The van der Waals surface area contributed by atoms with E-state index in [2.05, 4.69) is 11.8 Å². The Balaban J connectivity index is 1.68. The number of nitrogens with zero attached hydrogens (tertiary/aromatic N) is 2. The van der Waals surface area contributed by atoms with E-state index in [9.17, 15) is 9.59 Å². The minimum absolute atomic E-state index is 0.188. The molecule has 1 aromatic carbocycles. The lowest BCUT2D eigenvalue weighted by Gasteiger charge is -2.20. The van der Waals surface area contributed by atoms with E-state index in [1.807, 2.05) is 41.8 Å². The van der Waals surface area contributed by atoms with Gasteiger partial charge in [0.1, 0.15) is 5.70 Å². The lowest BCUT2D eigenvalue weighted by atomic mass is 10.1. The van der Waals surface area contributed by atoms with Crippen LogP contribution in [-0.4, -0.2) is 29.8 Å². The van der Waals surface area contributed by atoms with Crippen LogP contribution in [0.4, 0.5) is 5.69 Å². The summed E-state index contributed by atoms with van der Waals surface area (Å²) < 4.78 is 0. The molecule has 4 nitrogen and oxygen atoms in total. The van der Waals surface area contributed by atoms with Crippen molar-refractivity contribution in [2.24, 2.45) is 0 Å². The molecule has 2 aliphatic heterocycles. The third kappa shape index (κ3) is 3.32. The molecule has 0 unspecified atom stereocenters. The largest absolute Gasteiger partial charge is 0.366 e. The maximum absolute atomic E-state index is 13.3. The van der Waals surface area contributed by atoms with Crippen molar-refractivity contribution in [1.82, 2.24) is 4.90 Å². The number of carbonyl (C=O) groups excluding carboxylic acids is 2. The Morgan fingerprint density at radius 3 is 2.37 bits per heavy atom. The third-order valence-corrected chi connectivity index (χ3v) is 6.15. The molecule has 2 amide bonds. The van der Waals surface area contributed by atoms with E-state index < -0.39 is 0 Å². The maximum Gasteiger partial charge on any atom is 0.282 e. The highest BCUT2D eigenvalue weighted by molar-refractivity contribution is 7.11. The lowest BCUT2D eigenvalue weighted by molar-refractivity contribution is -0.120. The zero-order valence-electron chi connectivity index (χ0n) is 15.6. The summed E-state index contributed by atoms with van der Waals surface area (Å²) in [5.74, 6) is -0.391. The fourth-order valence-corrected chi connectivity index (χ4v) is 4.58. The van der Waals surface area contributed by atoms with Crippen molar-refractivity contribution in [2.75, 3.05) is 18.0 Å². The van der Waals surface area contributed by atoms with E-state index in [0.29, 0.717) is 17.0 Å².